The lowest BCUT2D eigenvalue weighted by molar-refractivity contribution is -0.192. The summed E-state index contributed by atoms with van der Waals surface area (Å²) in [5, 5.41) is 86.1. The van der Waals surface area contributed by atoms with Crippen molar-refractivity contribution in [3.8, 4) is 0 Å². The minimum absolute atomic E-state index is 0.00747. The Kier molecular flexibility index (Phi) is 4.98. The number of aliphatic carboxylic acids is 1. The van der Waals surface area contributed by atoms with Gasteiger partial charge in [0.1, 0.15) is 6.61 Å². The number of carbonyl (C=O) groups excluding carboxylic acids is 2. The maximum Gasteiger partial charge on any atom is 0.490 e. The first-order valence-electron chi connectivity index (χ1n) is 31.9. The van der Waals surface area contributed by atoms with Crippen LogP contribution in [0.25, 0.3) is 291 Å². The number of ether oxygens (including phenoxy) is 5. The summed E-state index contributed by atoms with van der Waals surface area (Å²) >= 11 is 0. The van der Waals surface area contributed by atoms with E-state index in [0.29, 0.717) is 39.4 Å². The summed E-state index contributed by atoms with van der Waals surface area (Å²) in [7, 11) is 1.67. The fourth-order valence-corrected chi connectivity index (χ4v) is 26.7. The molecule has 5 aliphatic carbocycles. The molecule has 1 fully saturated rings. The monoisotopic (exact) mass is 1170 g/mol. The summed E-state index contributed by atoms with van der Waals surface area (Å²) in [5.74, 6) is -3.63. The second-order valence-electron chi connectivity index (χ2n) is 29.1. The molecule has 0 heterocycles. The number of hydrogen-bond donors (Lipinski definition) is 2. The Morgan fingerprint density at radius 3 is 0.733 bits per heavy atom. The minimum atomic E-state index is -5.08. The summed E-state index contributed by atoms with van der Waals surface area (Å²) in [4.78, 5) is 43.6. The second-order valence-corrected chi connectivity index (χ2v) is 29.1. The normalized spacial score (nSPS) is 21.4. The van der Waals surface area contributed by atoms with Crippen molar-refractivity contribution in [3.05, 3.63) is 22.3 Å². The number of alkyl halides is 3. The van der Waals surface area contributed by atoms with Gasteiger partial charge in [-0.25, -0.2) is 4.79 Å². The van der Waals surface area contributed by atoms with Crippen LogP contribution in [0.5, 0.6) is 0 Å². The van der Waals surface area contributed by atoms with Crippen LogP contribution in [0.1, 0.15) is 41.5 Å². The van der Waals surface area contributed by atoms with Crippen molar-refractivity contribution in [3.63, 3.8) is 0 Å². The number of esters is 2. The highest BCUT2D eigenvalue weighted by atomic mass is 19.4. The van der Waals surface area contributed by atoms with Gasteiger partial charge in [-0.15, -0.1) is 0 Å². The van der Waals surface area contributed by atoms with Crippen molar-refractivity contribution < 1.29 is 56.3 Å². The quantitative estimate of drug-likeness (QED) is 0.0415. The van der Waals surface area contributed by atoms with E-state index >= 15 is 9.59 Å². The fraction of sp³-hybridized carbons (Fsp3) is 0.208. The lowest BCUT2D eigenvalue weighted by Gasteiger charge is -2.32. The number of rotatable bonds is 16. The zero-order valence-electron chi connectivity index (χ0n) is 46.7. The number of benzene rings is 18. The maximum atomic E-state index is 17.4. The molecule has 0 bridgehead atoms. The van der Waals surface area contributed by atoms with Crippen LogP contribution in [0, 0.1) is 5.41 Å². The third kappa shape index (κ3) is 2.73. The van der Waals surface area contributed by atoms with Crippen LogP contribution in [0.2, 0.25) is 0 Å². The van der Waals surface area contributed by atoms with Crippen LogP contribution in [-0.4, -0.2) is 89.1 Å². The van der Waals surface area contributed by atoms with E-state index in [-0.39, 0.29) is 19.8 Å². The summed E-state index contributed by atoms with van der Waals surface area (Å²) in [6.07, 6.45) is -2.73. The molecule has 33 rings (SSSR count). The molecule has 5 aliphatic rings. The van der Waals surface area contributed by atoms with Crippen molar-refractivity contribution in [2.45, 2.75) is 36.3 Å². The fourth-order valence-electron chi connectivity index (χ4n) is 26.7. The molecule has 90 heavy (non-hydrogen) atoms. The van der Waals surface area contributed by atoms with Gasteiger partial charge in [0, 0.05) is 7.11 Å². The van der Waals surface area contributed by atoms with Gasteiger partial charge in [-0.1, -0.05) is 0 Å². The minimum Gasteiger partial charge on any atom is -0.475 e. The average molecular weight is 1170 g/mol. The highest BCUT2D eigenvalue weighted by molar-refractivity contribution is 6.82. The van der Waals surface area contributed by atoms with Crippen LogP contribution < -0.4 is 5.73 Å². The maximum absolute atomic E-state index is 17.4. The Morgan fingerprint density at radius 2 is 0.522 bits per heavy atom. The highest BCUT2D eigenvalue weighted by Gasteiger charge is 3.01. The Morgan fingerprint density at radius 1 is 0.322 bits per heavy atom. The smallest absolute Gasteiger partial charge is 0.475 e. The number of carbonyl (C=O) groups is 3. The van der Waals surface area contributed by atoms with Crippen molar-refractivity contribution in [1.29, 1.82) is 0 Å². The molecule has 0 radical (unpaired) electrons. The van der Waals surface area contributed by atoms with Crippen LogP contribution >= 0.6 is 0 Å². The molecule has 0 saturated heterocycles. The standard InChI is InChI=1S/C75H27NO7.C2HF3O2/c1-79-7-8-80-9-10-81-11-12-83-72(78)75(71(77)82-6-4-2-3-5-76)73-67-59-51-41-31-23-15-13-14-17-21-19(15)27-35-29(21)39-33-25(17)26-18(14)22-20-16(13)24(23)32-38-28(20)36-30(22)40-34(26)44-43(33)53-47(39)57-49(35)55(45(51)37(27)31)63(67)65(57)69-61(53)62-54(44)48(40)58-50(36)56-46(38)52(42(32)41)60(59)68(73)64(56)66(58)70(62)74(69,73)75;3-2(4,5)1(6)7/h2-12,76H2,1H3;(H,6,7). The predicted octanol–water partition coefficient (Wildman–Crippen LogP) is 16.8. The third-order valence-electron chi connectivity index (χ3n) is 27.6. The molecule has 28 aromatic carbocycles. The predicted molar refractivity (Wildman–Crippen MR) is 348 cm³/mol. The molecule has 1 saturated carbocycles. The molecule has 10 nitrogen and oxygen atoms in total. The van der Waals surface area contributed by atoms with Crippen molar-refractivity contribution >= 4 is 309 Å². The Hall–Kier alpha value is -9.50. The molecular formula is C77H28F3NO9. The number of carboxylic acids is 1. The molecule has 0 unspecified atom stereocenters. The molecule has 13 heteroatoms. The van der Waals surface area contributed by atoms with Gasteiger partial charge < -0.3 is 34.5 Å². The van der Waals surface area contributed by atoms with E-state index in [1.54, 1.807) is 61.0 Å². The number of halogens is 3. The highest BCUT2D eigenvalue weighted by Crippen LogP contribution is 2.96. The number of unbranched alkanes of at least 4 members (excludes halogenated alkanes) is 2. The van der Waals surface area contributed by atoms with Crippen LogP contribution in [0.3, 0.4) is 0 Å². The summed E-state index contributed by atoms with van der Waals surface area (Å²) in [5.41, 5.74) is 6.99. The van der Waals surface area contributed by atoms with E-state index in [0.717, 1.165) is 12.8 Å². The summed E-state index contributed by atoms with van der Waals surface area (Å²) in [6.45, 7) is 2.73. The first-order valence-corrected chi connectivity index (χ1v) is 31.9. The summed E-state index contributed by atoms with van der Waals surface area (Å²) < 4.78 is 62.9. The van der Waals surface area contributed by atoms with Gasteiger partial charge in [0.15, 0.2) is 5.41 Å². The molecule has 0 aromatic heterocycles. The van der Waals surface area contributed by atoms with E-state index in [2.05, 4.69) is 0 Å². The van der Waals surface area contributed by atoms with E-state index in [1.165, 1.54) is 259 Å². The molecule has 0 aliphatic heterocycles. The number of nitrogens with two attached hydrogens (primary N) is 1. The van der Waals surface area contributed by atoms with Crippen molar-refractivity contribution in [2.24, 2.45) is 11.1 Å². The Balaban J connectivity index is 0.000000613. The lowest BCUT2D eigenvalue weighted by Crippen LogP contribution is -2.39. The molecule has 3 N–H and O–H groups in total. The van der Waals surface area contributed by atoms with Crippen molar-refractivity contribution in [1.82, 2.24) is 0 Å². The van der Waals surface area contributed by atoms with Gasteiger partial charge in [-0.05, 0) is 339 Å². The molecular weight excluding hydrogens is 1140 g/mol. The zero-order valence-corrected chi connectivity index (χ0v) is 46.7. The van der Waals surface area contributed by atoms with Gasteiger partial charge in [-0.2, -0.15) is 13.2 Å². The lowest BCUT2D eigenvalue weighted by atomic mass is 9.68. The third-order valence-corrected chi connectivity index (χ3v) is 27.6. The van der Waals surface area contributed by atoms with E-state index in [1.807, 2.05) is 0 Å². The molecule has 28 aromatic rings. The first kappa shape index (κ1) is 41.7. The zero-order chi connectivity index (χ0) is 57.5. The molecule has 416 valence electrons. The van der Waals surface area contributed by atoms with Crippen LogP contribution in [0.4, 0.5) is 13.2 Å². The van der Waals surface area contributed by atoms with E-state index < -0.39 is 40.3 Å². The van der Waals surface area contributed by atoms with E-state index in [4.69, 9.17) is 39.3 Å². The van der Waals surface area contributed by atoms with Gasteiger partial charge in [-0.3, -0.25) is 9.59 Å². The Bertz CT molecular complexity index is 7260. The second kappa shape index (κ2) is 10.7. The SMILES string of the molecule is COCCOCCOCCOC(=O)C1(C(=O)OCCCCCN)C23c4c5c6c7c8c9c(c%10c%11c2c2c4c4c%12c5c5c6c6c8c8c%13c9c9c%10c%10c%11c%11c2c2c4c4c%12c%12c5c5c6c8c6c8c%13c9c9c%10c%10c%11c2c2c4c4c%12c5c6c5c8c9c%10c2c45)C713.O=C(O)C(F)(F)F. The number of hydrogen-bond acceptors (Lipinski definition) is 9. The van der Waals surface area contributed by atoms with Crippen LogP contribution in [-0.2, 0) is 48.9 Å². The van der Waals surface area contributed by atoms with Crippen molar-refractivity contribution in [2.75, 3.05) is 59.9 Å². The first-order chi connectivity index (χ1) is 44.1. The van der Waals surface area contributed by atoms with E-state index in [9.17, 15) is 13.2 Å². The largest absolute Gasteiger partial charge is 0.490 e. The van der Waals surface area contributed by atoms with Gasteiger partial charge in [0.2, 0.25) is 0 Å². The van der Waals surface area contributed by atoms with Gasteiger partial charge >= 0.3 is 24.1 Å². The molecule has 2 spiro atoms. The number of carboxylic acid groups (broad SMARTS) is 1. The molecule has 0 atom stereocenters. The Labute approximate surface area is 492 Å². The number of methoxy groups -OCH3 is 1. The van der Waals surface area contributed by atoms with Crippen LogP contribution in [0.15, 0.2) is 0 Å². The topological polar surface area (TPSA) is 144 Å². The summed E-state index contributed by atoms with van der Waals surface area (Å²) in [6, 6.07) is 0. The molecule has 0 amide bonds. The average Bonchev–Trinajstić information content (AvgIpc) is 1.36. The van der Waals surface area contributed by atoms with Gasteiger partial charge in [0.25, 0.3) is 0 Å². The van der Waals surface area contributed by atoms with Gasteiger partial charge in [0.05, 0.1) is 50.5 Å².